The number of thiophene rings is 1. The zero-order valence-corrected chi connectivity index (χ0v) is 19.4. The van der Waals surface area contributed by atoms with Crippen molar-refractivity contribution >= 4 is 38.2 Å². The van der Waals surface area contributed by atoms with Crippen molar-refractivity contribution in [3.05, 3.63) is 40.3 Å². The quantitative estimate of drug-likeness (QED) is 0.597. The maximum atomic E-state index is 13.1. The maximum absolute atomic E-state index is 13.1. The van der Waals surface area contributed by atoms with E-state index in [1.54, 1.807) is 13.0 Å². The fourth-order valence-corrected chi connectivity index (χ4v) is 6.01. The van der Waals surface area contributed by atoms with Gasteiger partial charge in [-0.25, -0.2) is 13.2 Å². The van der Waals surface area contributed by atoms with Crippen molar-refractivity contribution in [1.29, 1.82) is 0 Å². The average Bonchev–Trinajstić information content (AvgIpc) is 3.44. The molecule has 1 aliphatic heterocycles. The number of hydrogen-bond donors (Lipinski definition) is 1. The number of nitrogens with zero attached hydrogens (tertiary/aromatic N) is 1. The summed E-state index contributed by atoms with van der Waals surface area (Å²) in [5, 5.41) is 3.11. The summed E-state index contributed by atoms with van der Waals surface area (Å²) in [5.74, 6) is -0.851. The Hall–Kier alpha value is -2.43. The van der Waals surface area contributed by atoms with Crippen LogP contribution in [0, 0.1) is 0 Å². The predicted octanol–water partition coefficient (Wildman–Crippen LogP) is 3.53. The van der Waals surface area contributed by atoms with Crippen LogP contribution in [0.25, 0.3) is 0 Å². The Kier molecular flexibility index (Phi) is 7.34. The van der Waals surface area contributed by atoms with Crippen LogP contribution in [0.3, 0.4) is 0 Å². The van der Waals surface area contributed by atoms with Gasteiger partial charge in [0, 0.05) is 23.5 Å². The van der Waals surface area contributed by atoms with Crippen molar-refractivity contribution < 1.29 is 27.5 Å². The molecule has 1 aromatic carbocycles. The second kappa shape index (κ2) is 9.80. The Labute approximate surface area is 186 Å². The van der Waals surface area contributed by atoms with Crippen LogP contribution in [0.2, 0.25) is 0 Å². The Morgan fingerprint density at radius 3 is 2.48 bits per heavy atom. The molecule has 2 heterocycles. The Morgan fingerprint density at radius 2 is 1.87 bits per heavy atom. The van der Waals surface area contributed by atoms with E-state index in [4.69, 9.17) is 9.47 Å². The van der Waals surface area contributed by atoms with Crippen LogP contribution in [0.4, 0.5) is 5.00 Å². The number of nitrogens with one attached hydrogen (secondary N) is 1. The van der Waals surface area contributed by atoms with E-state index in [0.29, 0.717) is 24.5 Å². The van der Waals surface area contributed by atoms with Crippen LogP contribution in [0.5, 0.6) is 5.75 Å². The molecule has 31 heavy (non-hydrogen) atoms. The molecule has 3 rings (SSSR count). The van der Waals surface area contributed by atoms with E-state index < -0.39 is 21.9 Å². The minimum Gasteiger partial charge on any atom is -0.495 e. The van der Waals surface area contributed by atoms with Gasteiger partial charge in [-0.15, -0.1) is 11.3 Å². The molecule has 1 saturated heterocycles. The van der Waals surface area contributed by atoms with Gasteiger partial charge in [-0.1, -0.05) is 6.92 Å². The first-order valence-electron chi connectivity index (χ1n) is 10.1. The molecule has 0 aliphatic carbocycles. The van der Waals surface area contributed by atoms with Crippen LogP contribution in [0.1, 0.15) is 52.3 Å². The molecule has 1 amide bonds. The first-order valence-corrected chi connectivity index (χ1v) is 12.4. The van der Waals surface area contributed by atoms with Gasteiger partial charge in [-0.05, 0) is 50.5 Å². The van der Waals surface area contributed by atoms with Crippen LogP contribution in [-0.4, -0.2) is 51.4 Å². The Bertz CT molecular complexity index is 1070. The lowest BCUT2D eigenvalue weighted by molar-refractivity contribution is 0.0528. The molecule has 1 N–H and O–H groups in total. The van der Waals surface area contributed by atoms with Gasteiger partial charge in [-0.3, -0.25) is 4.79 Å². The average molecular weight is 467 g/mol. The molecule has 8 nitrogen and oxygen atoms in total. The molecule has 0 radical (unpaired) electrons. The van der Waals surface area contributed by atoms with Crippen molar-refractivity contribution in [2.75, 3.05) is 32.1 Å². The molecule has 0 saturated carbocycles. The molecule has 0 spiro atoms. The van der Waals surface area contributed by atoms with Crippen LogP contribution in [-0.2, 0) is 21.2 Å². The number of methoxy groups -OCH3 is 1. The lowest BCUT2D eigenvalue weighted by Crippen LogP contribution is -2.28. The molecule has 1 fully saturated rings. The number of carbonyl (C=O) groups excluding carboxylic acids is 2. The van der Waals surface area contributed by atoms with E-state index in [9.17, 15) is 18.0 Å². The minimum atomic E-state index is -3.78. The number of hydrogen-bond acceptors (Lipinski definition) is 7. The van der Waals surface area contributed by atoms with Gasteiger partial charge in [-0.2, -0.15) is 4.31 Å². The standard InChI is InChI=1S/C21H26N2O6S2/c1-4-15-13-16(21(25)29-5-2)20(30-15)22-19(24)14-8-9-17(28-3)18(12-14)31(26,27)23-10-6-7-11-23/h8-9,12-13H,4-7,10-11H2,1-3H3,(H,22,24). The first kappa shape index (κ1) is 23.2. The van der Waals surface area contributed by atoms with Gasteiger partial charge in [0.05, 0.1) is 19.3 Å². The Balaban J connectivity index is 1.93. The largest absolute Gasteiger partial charge is 0.495 e. The fourth-order valence-electron chi connectivity index (χ4n) is 3.33. The normalized spacial score (nSPS) is 14.4. The van der Waals surface area contributed by atoms with Crippen LogP contribution < -0.4 is 10.1 Å². The highest BCUT2D eigenvalue weighted by atomic mass is 32.2. The SMILES string of the molecule is CCOC(=O)c1cc(CC)sc1NC(=O)c1ccc(OC)c(S(=O)(=O)N2CCCC2)c1. The fraction of sp³-hybridized carbons (Fsp3) is 0.429. The van der Waals surface area contributed by atoms with Crippen molar-refractivity contribution in [3.8, 4) is 5.75 Å². The van der Waals surface area contributed by atoms with Gasteiger partial charge in [0.15, 0.2) is 0 Å². The van der Waals surface area contributed by atoms with E-state index in [-0.39, 0.29) is 28.4 Å². The maximum Gasteiger partial charge on any atom is 0.341 e. The third-order valence-corrected chi connectivity index (χ3v) is 8.08. The lowest BCUT2D eigenvalue weighted by atomic mass is 10.2. The van der Waals surface area contributed by atoms with E-state index in [1.807, 2.05) is 6.92 Å². The molecule has 2 aromatic rings. The highest BCUT2D eigenvalue weighted by Crippen LogP contribution is 2.32. The van der Waals surface area contributed by atoms with Crippen molar-refractivity contribution in [3.63, 3.8) is 0 Å². The number of benzene rings is 1. The summed E-state index contributed by atoms with van der Waals surface area (Å²) in [6.45, 7) is 4.77. The summed E-state index contributed by atoms with van der Waals surface area (Å²) >= 11 is 1.29. The number of ether oxygens (including phenoxy) is 2. The molecule has 1 aliphatic rings. The summed E-state index contributed by atoms with van der Waals surface area (Å²) in [4.78, 5) is 26.1. The van der Waals surface area contributed by atoms with E-state index in [1.165, 1.54) is 41.0 Å². The number of rotatable bonds is 8. The number of aryl methyl sites for hydroxylation is 1. The van der Waals surface area contributed by atoms with Gasteiger partial charge in [0.2, 0.25) is 10.0 Å². The van der Waals surface area contributed by atoms with Crippen LogP contribution in [0.15, 0.2) is 29.2 Å². The van der Waals surface area contributed by atoms with Crippen molar-refractivity contribution in [1.82, 2.24) is 4.31 Å². The summed E-state index contributed by atoms with van der Waals surface area (Å²) < 4.78 is 37.8. The second-order valence-corrected chi connectivity index (χ2v) is 10.0. The molecule has 168 valence electrons. The van der Waals surface area contributed by atoms with Gasteiger partial charge in [0.1, 0.15) is 15.6 Å². The number of sulfonamides is 1. The van der Waals surface area contributed by atoms with Gasteiger partial charge in [0.25, 0.3) is 5.91 Å². The number of carbonyl (C=O) groups is 2. The number of anilines is 1. The summed E-state index contributed by atoms with van der Waals surface area (Å²) in [7, 11) is -2.39. The molecular formula is C21H26N2O6S2. The van der Waals surface area contributed by atoms with E-state index >= 15 is 0 Å². The molecule has 10 heteroatoms. The molecule has 1 aromatic heterocycles. The topological polar surface area (TPSA) is 102 Å². The zero-order valence-electron chi connectivity index (χ0n) is 17.8. The number of amides is 1. The lowest BCUT2D eigenvalue weighted by Gasteiger charge is -2.18. The smallest absolute Gasteiger partial charge is 0.341 e. The van der Waals surface area contributed by atoms with E-state index in [0.717, 1.165) is 17.7 Å². The zero-order chi connectivity index (χ0) is 22.6. The van der Waals surface area contributed by atoms with E-state index in [2.05, 4.69) is 5.32 Å². The highest BCUT2D eigenvalue weighted by molar-refractivity contribution is 7.89. The summed E-state index contributed by atoms with van der Waals surface area (Å²) in [5.41, 5.74) is 0.440. The first-order chi connectivity index (χ1) is 14.8. The second-order valence-electron chi connectivity index (χ2n) is 6.96. The van der Waals surface area contributed by atoms with Crippen molar-refractivity contribution in [2.45, 2.75) is 38.0 Å². The van der Waals surface area contributed by atoms with Crippen LogP contribution >= 0.6 is 11.3 Å². The molecule has 0 unspecified atom stereocenters. The molecule has 0 bridgehead atoms. The third-order valence-electron chi connectivity index (χ3n) is 4.96. The third kappa shape index (κ3) is 4.91. The Morgan fingerprint density at radius 1 is 1.16 bits per heavy atom. The minimum absolute atomic E-state index is 0.0457. The van der Waals surface area contributed by atoms with Crippen molar-refractivity contribution in [2.24, 2.45) is 0 Å². The summed E-state index contributed by atoms with van der Waals surface area (Å²) in [6, 6.07) is 5.99. The highest BCUT2D eigenvalue weighted by Gasteiger charge is 2.31. The van der Waals surface area contributed by atoms with Gasteiger partial charge >= 0.3 is 5.97 Å². The number of esters is 1. The molecule has 0 atom stereocenters. The van der Waals surface area contributed by atoms with Gasteiger partial charge < -0.3 is 14.8 Å². The summed E-state index contributed by atoms with van der Waals surface area (Å²) in [6.07, 6.45) is 2.31. The predicted molar refractivity (Wildman–Crippen MR) is 119 cm³/mol. The molecular weight excluding hydrogens is 440 g/mol. The monoisotopic (exact) mass is 466 g/mol.